The van der Waals surface area contributed by atoms with Crippen molar-refractivity contribution < 1.29 is 4.79 Å². The van der Waals surface area contributed by atoms with E-state index >= 15 is 0 Å². The first-order valence-corrected chi connectivity index (χ1v) is 6.99. The number of hydrogen-bond acceptors (Lipinski definition) is 3. The van der Waals surface area contributed by atoms with Gasteiger partial charge in [-0.05, 0) is 24.2 Å². The van der Waals surface area contributed by atoms with Gasteiger partial charge >= 0.3 is 0 Å². The van der Waals surface area contributed by atoms with Gasteiger partial charge < -0.3 is 0 Å². The number of carbonyl (C=O) groups is 1. The molecule has 1 aromatic carbocycles. The smallest absolute Gasteiger partial charge is 0.165 e. The van der Waals surface area contributed by atoms with Crippen molar-refractivity contribution in [2.24, 2.45) is 0 Å². The second-order valence-electron chi connectivity index (χ2n) is 4.77. The number of benzene rings is 1. The van der Waals surface area contributed by atoms with Crippen LogP contribution in [0, 0.1) is 0 Å². The lowest BCUT2D eigenvalue weighted by Gasteiger charge is -2.20. The Bertz CT molecular complexity index is 525. The summed E-state index contributed by atoms with van der Waals surface area (Å²) in [6.45, 7) is 4.73. The fourth-order valence-electron chi connectivity index (χ4n) is 2.12. The summed E-state index contributed by atoms with van der Waals surface area (Å²) in [5.74, 6) is 0.157. The summed E-state index contributed by atoms with van der Waals surface area (Å²) in [5, 5.41) is 0. The molecule has 0 unspecified atom stereocenters. The predicted octanol–water partition coefficient (Wildman–Crippen LogP) is 3.18. The fraction of sp³-hybridized carbons (Fsp3) is 0.294. The summed E-state index contributed by atoms with van der Waals surface area (Å²) in [6.07, 6.45) is 3.85. The summed E-state index contributed by atoms with van der Waals surface area (Å²) in [5.41, 5.74) is 1.98. The highest BCUT2D eigenvalue weighted by molar-refractivity contribution is 5.95. The van der Waals surface area contributed by atoms with Gasteiger partial charge in [0, 0.05) is 37.5 Å². The third kappa shape index (κ3) is 4.28. The molecule has 0 N–H and O–H groups in total. The van der Waals surface area contributed by atoms with E-state index in [1.165, 1.54) is 5.56 Å². The Labute approximate surface area is 120 Å². The number of carbonyl (C=O) groups excluding carboxylic acids is 1. The van der Waals surface area contributed by atoms with E-state index < -0.39 is 0 Å². The van der Waals surface area contributed by atoms with Crippen molar-refractivity contribution in [2.75, 3.05) is 13.1 Å². The first-order chi connectivity index (χ1) is 9.79. The molecule has 2 aromatic rings. The van der Waals surface area contributed by atoms with Crippen LogP contribution in [-0.2, 0) is 6.54 Å². The van der Waals surface area contributed by atoms with Gasteiger partial charge in [0.25, 0.3) is 0 Å². The maximum atomic E-state index is 12.1. The number of aromatic nitrogens is 1. The van der Waals surface area contributed by atoms with Crippen molar-refractivity contribution in [1.82, 2.24) is 9.88 Å². The van der Waals surface area contributed by atoms with Crippen LogP contribution in [0.2, 0.25) is 0 Å². The zero-order chi connectivity index (χ0) is 14.2. The second-order valence-corrected chi connectivity index (χ2v) is 4.77. The van der Waals surface area contributed by atoms with Crippen molar-refractivity contribution in [3.63, 3.8) is 0 Å². The zero-order valence-corrected chi connectivity index (χ0v) is 11.8. The van der Waals surface area contributed by atoms with Gasteiger partial charge in [-0.2, -0.15) is 0 Å². The third-order valence-electron chi connectivity index (χ3n) is 3.33. The van der Waals surface area contributed by atoms with Crippen LogP contribution in [0.4, 0.5) is 0 Å². The van der Waals surface area contributed by atoms with E-state index in [1.54, 1.807) is 18.5 Å². The number of nitrogens with zero attached hydrogens (tertiary/aromatic N) is 2. The Morgan fingerprint density at radius 3 is 2.60 bits per heavy atom. The Balaban J connectivity index is 1.86. The molecule has 0 atom stereocenters. The van der Waals surface area contributed by atoms with Gasteiger partial charge in [0.2, 0.25) is 0 Å². The average Bonchev–Trinajstić information content (AvgIpc) is 2.53. The molecule has 1 heterocycles. The van der Waals surface area contributed by atoms with E-state index in [-0.39, 0.29) is 5.78 Å². The molecule has 0 fully saturated rings. The van der Waals surface area contributed by atoms with Crippen LogP contribution >= 0.6 is 0 Å². The molecule has 104 valence electrons. The van der Waals surface area contributed by atoms with Crippen LogP contribution in [0.5, 0.6) is 0 Å². The fourth-order valence-corrected chi connectivity index (χ4v) is 2.12. The molecule has 3 heteroatoms. The molecule has 3 nitrogen and oxygen atoms in total. The molecule has 0 saturated heterocycles. The zero-order valence-electron chi connectivity index (χ0n) is 11.8. The third-order valence-corrected chi connectivity index (χ3v) is 3.33. The summed E-state index contributed by atoms with van der Waals surface area (Å²) >= 11 is 0. The topological polar surface area (TPSA) is 33.2 Å². The summed E-state index contributed by atoms with van der Waals surface area (Å²) in [7, 11) is 0. The highest BCUT2D eigenvalue weighted by atomic mass is 16.1. The maximum absolute atomic E-state index is 12.1. The highest BCUT2D eigenvalue weighted by Gasteiger charge is 2.09. The normalized spacial score (nSPS) is 10.7. The minimum Gasteiger partial charge on any atom is -0.299 e. The van der Waals surface area contributed by atoms with Crippen LogP contribution in [0.3, 0.4) is 0 Å². The van der Waals surface area contributed by atoms with Gasteiger partial charge in [-0.15, -0.1) is 0 Å². The van der Waals surface area contributed by atoms with Crippen LogP contribution in [0.1, 0.15) is 29.3 Å². The average molecular weight is 268 g/mol. The number of Topliss-reactive ketones (excluding diaryl/α,β-unsaturated/α-hetero) is 1. The summed E-state index contributed by atoms with van der Waals surface area (Å²) in [4.78, 5) is 18.3. The van der Waals surface area contributed by atoms with E-state index in [9.17, 15) is 4.79 Å². The van der Waals surface area contributed by atoms with Crippen LogP contribution < -0.4 is 0 Å². The molecule has 0 radical (unpaired) electrons. The second kappa shape index (κ2) is 7.56. The largest absolute Gasteiger partial charge is 0.299 e. The van der Waals surface area contributed by atoms with Crippen molar-refractivity contribution in [1.29, 1.82) is 0 Å². The first kappa shape index (κ1) is 14.4. The lowest BCUT2D eigenvalue weighted by Crippen LogP contribution is -2.25. The lowest BCUT2D eigenvalue weighted by atomic mass is 10.1. The van der Waals surface area contributed by atoms with E-state index in [2.05, 4.69) is 28.9 Å². The van der Waals surface area contributed by atoms with Crippen molar-refractivity contribution in [3.05, 3.63) is 66.0 Å². The van der Waals surface area contributed by atoms with Crippen molar-refractivity contribution in [3.8, 4) is 0 Å². The van der Waals surface area contributed by atoms with Gasteiger partial charge in [-0.1, -0.05) is 37.3 Å². The minimum atomic E-state index is 0.157. The summed E-state index contributed by atoms with van der Waals surface area (Å²) < 4.78 is 0. The maximum Gasteiger partial charge on any atom is 0.165 e. The molecule has 0 spiro atoms. The first-order valence-electron chi connectivity index (χ1n) is 6.99. The number of hydrogen-bond donors (Lipinski definition) is 0. The number of pyridine rings is 1. The van der Waals surface area contributed by atoms with Gasteiger partial charge in [0.1, 0.15) is 0 Å². The SMILES string of the molecule is CCN(CCC(=O)c1cccnc1)Cc1ccccc1. The van der Waals surface area contributed by atoms with Crippen LogP contribution in [0.25, 0.3) is 0 Å². The molecule has 2 rings (SSSR count). The van der Waals surface area contributed by atoms with Crippen molar-refractivity contribution in [2.45, 2.75) is 19.9 Å². The van der Waals surface area contributed by atoms with Crippen LogP contribution in [0.15, 0.2) is 54.9 Å². The van der Waals surface area contributed by atoms with Gasteiger partial charge in [0.05, 0.1) is 0 Å². The Hall–Kier alpha value is -2.00. The molecule has 1 aromatic heterocycles. The highest BCUT2D eigenvalue weighted by Crippen LogP contribution is 2.07. The molecule has 0 aliphatic heterocycles. The molecule has 0 aliphatic rings. The molecule has 0 aliphatic carbocycles. The molecule has 0 saturated carbocycles. The quantitative estimate of drug-likeness (QED) is 0.723. The molecular weight excluding hydrogens is 248 g/mol. The standard InChI is InChI=1S/C17H20N2O/c1-2-19(14-15-7-4-3-5-8-15)12-10-17(20)16-9-6-11-18-13-16/h3-9,11,13H,2,10,12,14H2,1H3. The molecule has 0 bridgehead atoms. The molecule has 0 amide bonds. The Kier molecular flexibility index (Phi) is 5.44. The van der Waals surface area contributed by atoms with Crippen molar-refractivity contribution >= 4 is 5.78 Å². The Morgan fingerprint density at radius 2 is 1.95 bits per heavy atom. The van der Waals surface area contributed by atoms with E-state index in [1.807, 2.05) is 24.3 Å². The molecule has 20 heavy (non-hydrogen) atoms. The lowest BCUT2D eigenvalue weighted by molar-refractivity contribution is 0.0963. The van der Waals surface area contributed by atoms with E-state index in [0.717, 1.165) is 19.6 Å². The summed E-state index contributed by atoms with van der Waals surface area (Å²) in [6, 6.07) is 14.0. The van der Waals surface area contributed by atoms with E-state index in [0.29, 0.717) is 12.0 Å². The van der Waals surface area contributed by atoms with Gasteiger partial charge in [0.15, 0.2) is 5.78 Å². The van der Waals surface area contributed by atoms with Crippen LogP contribution in [-0.4, -0.2) is 28.8 Å². The van der Waals surface area contributed by atoms with Gasteiger partial charge in [-0.25, -0.2) is 0 Å². The number of rotatable bonds is 7. The Morgan fingerprint density at radius 1 is 1.15 bits per heavy atom. The monoisotopic (exact) mass is 268 g/mol. The minimum absolute atomic E-state index is 0.157. The molecular formula is C17H20N2O. The van der Waals surface area contributed by atoms with E-state index in [4.69, 9.17) is 0 Å². The predicted molar refractivity (Wildman–Crippen MR) is 80.6 cm³/mol. The number of ketones is 1. The van der Waals surface area contributed by atoms with Gasteiger partial charge in [-0.3, -0.25) is 14.7 Å².